The van der Waals surface area contributed by atoms with Crippen LogP contribution in [0.2, 0.25) is 0 Å². The smallest absolute Gasteiger partial charge is 0.255 e. The number of benzene rings is 2. The van der Waals surface area contributed by atoms with E-state index in [0.717, 1.165) is 16.5 Å². The van der Waals surface area contributed by atoms with Crippen LogP contribution >= 0.6 is 0 Å². The van der Waals surface area contributed by atoms with Crippen molar-refractivity contribution in [3.63, 3.8) is 0 Å². The summed E-state index contributed by atoms with van der Waals surface area (Å²) in [6, 6.07) is 13.1. The summed E-state index contributed by atoms with van der Waals surface area (Å²) in [5, 5.41) is 3.91. The third-order valence-corrected chi connectivity index (χ3v) is 3.27. The average Bonchev–Trinajstić information content (AvgIpc) is 2.89. The SMILES string of the molecule is Cc1ccc(NC(=O)c2ccc3cc[nH]c3c2)c(N)c1. The molecule has 1 heterocycles. The van der Waals surface area contributed by atoms with Crippen molar-refractivity contribution in [2.75, 3.05) is 11.1 Å². The highest BCUT2D eigenvalue weighted by Crippen LogP contribution is 2.21. The molecule has 0 atom stereocenters. The fourth-order valence-electron chi connectivity index (χ4n) is 2.18. The summed E-state index contributed by atoms with van der Waals surface area (Å²) in [7, 11) is 0. The number of aromatic amines is 1. The van der Waals surface area contributed by atoms with E-state index in [4.69, 9.17) is 5.73 Å². The van der Waals surface area contributed by atoms with Crippen LogP contribution in [-0.4, -0.2) is 10.9 Å². The minimum atomic E-state index is -0.169. The van der Waals surface area contributed by atoms with Gasteiger partial charge in [0.05, 0.1) is 11.4 Å². The van der Waals surface area contributed by atoms with Crippen molar-refractivity contribution < 1.29 is 4.79 Å². The van der Waals surface area contributed by atoms with Gasteiger partial charge in [-0.25, -0.2) is 0 Å². The summed E-state index contributed by atoms with van der Waals surface area (Å²) in [5.74, 6) is -0.169. The van der Waals surface area contributed by atoms with Gasteiger partial charge < -0.3 is 16.0 Å². The summed E-state index contributed by atoms with van der Waals surface area (Å²) in [6.45, 7) is 1.96. The number of nitrogens with two attached hydrogens (primary N) is 1. The molecule has 0 unspecified atom stereocenters. The van der Waals surface area contributed by atoms with Gasteiger partial charge in [-0.2, -0.15) is 0 Å². The number of aromatic nitrogens is 1. The number of aryl methyl sites for hydroxylation is 1. The molecule has 3 aromatic rings. The van der Waals surface area contributed by atoms with Gasteiger partial charge in [-0.1, -0.05) is 12.1 Å². The Morgan fingerprint density at radius 3 is 2.80 bits per heavy atom. The number of nitrogens with one attached hydrogen (secondary N) is 2. The van der Waals surface area contributed by atoms with Crippen molar-refractivity contribution in [1.82, 2.24) is 4.98 Å². The number of hydrogen-bond acceptors (Lipinski definition) is 2. The first kappa shape index (κ1) is 12.3. The molecule has 0 saturated carbocycles. The van der Waals surface area contributed by atoms with E-state index in [9.17, 15) is 4.79 Å². The molecule has 0 saturated heterocycles. The van der Waals surface area contributed by atoms with Crippen LogP contribution in [0.5, 0.6) is 0 Å². The van der Waals surface area contributed by atoms with Crippen LogP contribution in [0.25, 0.3) is 10.9 Å². The van der Waals surface area contributed by atoms with Crippen LogP contribution < -0.4 is 11.1 Å². The number of nitrogen functional groups attached to an aromatic ring is 1. The molecule has 0 radical (unpaired) electrons. The first-order valence-corrected chi connectivity index (χ1v) is 6.38. The van der Waals surface area contributed by atoms with Gasteiger partial charge in [0.1, 0.15) is 0 Å². The normalized spacial score (nSPS) is 10.7. The van der Waals surface area contributed by atoms with Gasteiger partial charge in [0.15, 0.2) is 0 Å². The Hall–Kier alpha value is -2.75. The molecule has 2 aromatic carbocycles. The topological polar surface area (TPSA) is 70.9 Å². The lowest BCUT2D eigenvalue weighted by Gasteiger charge is -2.09. The van der Waals surface area contributed by atoms with E-state index < -0.39 is 0 Å². The van der Waals surface area contributed by atoms with Gasteiger partial charge in [-0.05, 0) is 48.2 Å². The molecule has 0 spiro atoms. The molecule has 4 nitrogen and oxygen atoms in total. The fourth-order valence-corrected chi connectivity index (χ4v) is 2.18. The maximum Gasteiger partial charge on any atom is 0.255 e. The molecular weight excluding hydrogens is 250 g/mol. The number of carbonyl (C=O) groups excluding carboxylic acids is 1. The lowest BCUT2D eigenvalue weighted by molar-refractivity contribution is 0.102. The van der Waals surface area contributed by atoms with Crippen LogP contribution in [0.3, 0.4) is 0 Å². The number of rotatable bonds is 2. The van der Waals surface area contributed by atoms with Crippen LogP contribution in [-0.2, 0) is 0 Å². The molecule has 0 fully saturated rings. The lowest BCUT2D eigenvalue weighted by atomic mass is 10.1. The van der Waals surface area contributed by atoms with E-state index in [1.165, 1.54) is 0 Å². The predicted molar refractivity (Wildman–Crippen MR) is 81.8 cm³/mol. The predicted octanol–water partition coefficient (Wildman–Crippen LogP) is 3.31. The molecular formula is C16H15N3O. The van der Waals surface area contributed by atoms with Crippen molar-refractivity contribution in [3.05, 3.63) is 59.8 Å². The van der Waals surface area contributed by atoms with Crippen molar-refractivity contribution >= 4 is 28.2 Å². The van der Waals surface area contributed by atoms with Crippen molar-refractivity contribution in [1.29, 1.82) is 0 Å². The highest BCUT2D eigenvalue weighted by molar-refractivity contribution is 6.07. The molecule has 0 aliphatic rings. The van der Waals surface area contributed by atoms with Crippen LogP contribution in [0.15, 0.2) is 48.7 Å². The number of carbonyl (C=O) groups is 1. The third kappa shape index (κ3) is 2.23. The van der Waals surface area contributed by atoms with E-state index >= 15 is 0 Å². The molecule has 3 rings (SSSR count). The molecule has 0 aliphatic heterocycles. The quantitative estimate of drug-likeness (QED) is 0.622. The molecule has 0 aliphatic carbocycles. The van der Waals surface area contributed by atoms with Gasteiger partial charge >= 0.3 is 0 Å². The highest BCUT2D eigenvalue weighted by Gasteiger charge is 2.09. The Bertz CT molecular complexity index is 789. The Morgan fingerprint density at radius 1 is 1.15 bits per heavy atom. The maximum absolute atomic E-state index is 12.2. The Kier molecular flexibility index (Phi) is 2.91. The second kappa shape index (κ2) is 4.74. The molecule has 100 valence electrons. The molecule has 1 amide bonds. The van der Waals surface area contributed by atoms with Crippen LogP contribution in [0, 0.1) is 6.92 Å². The Morgan fingerprint density at radius 2 is 2.00 bits per heavy atom. The minimum absolute atomic E-state index is 0.169. The Balaban J connectivity index is 1.88. The molecule has 1 aromatic heterocycles. The summed E-state index contributed by atoms with van der Waals surface area (Å²) in [5.41, 5.74) is 9.70. The van der Waals surface area contributed by atoms with Crippen LogP contribution in [0.1, 0.15) is 15.9 Å². The second-order valence-corrected chi connectivity index (χ2v) is 4.82. The van der Waals surface area contributed by atoms with Gasteiger partial charge in [-0.3, -0.25) is 4.79 Å². The molecule has 4 heteroatoms. The standard InChI is InChI=1S/C16H15N3O/c1-10-2-5-14(13(17)8-10)19-16(20)12-4-3-11-6-7-18-15(11)9-12/h2-9,18H,17H2,1H3,(H,19,20). The Labute approximate surface area is 116 Å². The molecule has 4 N–H and O–H groups in total. The summed E-state index contributed by atoms with van der Waals surface area (Å²) >= 11 is 0. The van der Waals surface area contributed by atoms with Crippen molar-refractivity contribution in [2.45, 2.75) is 6.92 Å². The highest BCUT2D eigenvalue weighted by atomic mass is 16.1. The number of anilines is 2. The first-order valence-electron chi connectivity index (χ1n) is 6.38. The average molecular weight is 265 g/mol. The van der Waals surface area contributed by atoms with Gasteiger partial charge in [-0.15, -0.1) is 0 Å². The van der Waals surface area contributed by atoms with E-state index in [1.54, 1.807) is 6.07 Å². The fraction of sp³-hybridized carbons (Fsp3) is 0.0625. The lowest BCUT2D eigenvalue weighted by Crippen LogP contribution is -2.13. The van der Waals surface area contributed by atoms with Gasteiger partial charge in [0.2, 0.25) is 0 Å². The zero-order valence-electron chi connectivity index (χ0n) is 11.1. The van der Waals surface area contributed by atoms with E-state index in [1.807, 2.05) is 49.5 Å². The van der Waals surface area contributed by atoms with E-state index in [-0.39, 0.29) is 5.91 Å². The third-order valence-electron chi connectivity index (χ3n) is 3.27. The van der Waals surface area contributed by atoms with Gasteiger partial charge in [0, 0.05) is 17.3 Å². The van der Waals surface area contributed by atoms with Crippen molar-refractivity contribution in [2.24, 2.45) is 0 Å². The maximum atomic E-state index is 12.2. The monoisotopic (exact) mass is 265 g/mol. The summed E-state index contributed by atoms with van der Waals surface area (Å²) in [4.78, 5) is 15.3. The summed E-state index contributed by atoms with van der Waals surface area (Å²) in [6.07, 6.45) is 1.85. The minimum Gasteiger partial charge on any atom is -0.397 e. The molecule has 0 bridgehead atoms. The second-order valence-electron chi connectivity index (χ2n) is 4.82. The van der Waals surface area contributed by atoms with E-state index in [0.29, 0.717) is 16.9 Å². The number of fused-ring (bicyclic) bond motifs is 1. The zero-order chi connectivity index (χ0) is 14.1. The number of hydrogen-bond donors (Lipinski definition) is 3. The first-order chi connectivity index (χ1) is 9.63. The zero-order valence-corrected chi connectivity index (χ0v) is 11.1. The number of H-pyrrole nitrogens is 1. The van der Waals surface area contributed by atoms with Crippen molar-refractivity contribution in [3.8, 4) is 0 Å². The molecule has 20 heavy (non-hydrogen) atoms. The largest absolute Gasteiger partial charge is 0.397 e. The van der Waals surface area contributed by atoms with Crippen LogP contribution in [0.4, 0.5) is 11.4 Å². The van der Waals surface area contributed by atoms with E-state index in [2.05, 4.69) is 10.3 Å². The van der Waals surface area contributed by atoms with Gasteiger partial charge in [0.25, 0.3) is 5.91 Å². The number of amides is 1. The summed E-state index contributed by atoms with van der Waals surface area (Å²) < 4.78 is 0.